The number of likely N-dealkylation sites (tertiary alicyclic amines) is 1. The molecule has 3 nitrogen and oxygen atoms in total. The molecule has 0 saturated carbocycles. The zero-order chi connectivity index (χ0) is 9.35. The van der Waals surface area contributed by atoms with E-state index in [0.717, 1.165) is 13.0 Å². The highest BCUT2D eigenvalue weighted by molar-refractivity contribution is 4.89. The third-order valence-corrected chi connectivity index (χ3v) is 2.76. The normalized spacial score (nSPS) is 36.8. The van der Waals surface area contributed by atoms with Gasteiger partial charge in [-0.25, -0.2) is 0 Å². The monoisotopic (exact) mass is 173 g/mol. The zero-order valence-electron chi connectivity index (χ0n) is 8.12. The molecule has 0 amide bonds. The molecule has 0 radical (unpaired) electrons. The molecule has 2 N–H and O–H groups in total. The van der Waals surface area contributed by atoms with Gasteiger partial charge in [-0.15, -0.1) is 0 Å². The molecule has 1 aliphatic heterocycles. The fourth-order valence-electron chi connectivity index (χ4n) is 1.63. The van der Waals surface area contributed by atoms with Gasteiger partial charge in [0.2, 0.25) is 0 Å². The molecular weight excluding hydrogens is 154 g/mol. The lowest BCUT2D eigenvalue weighted by Crippen LogP contribution is -2.41. The first-order chi connectivity index (χ1) is 5.42. The Morgan fingerprint density at radius 3 is 2.33 bits per heavy atom. The van der Waals surface area contributed by atoms with Crippen molar-refractivity contribution in [2.45, 2.75) is 44.9 Å². The van der Waals surface area contributed by atoms with Crippen molar-refractivity contribution in [1.82, 2.24) is 4.90 Å². The number of hydrogen-bond donors (Lipinski definition) is 2. The Hall–Kier alpha value is -0.120. The number of rotatable bonds is 2. The van der Waals surface area contributed by atoms with Crippen LogP contribution in [0, 0.1) is 0 Å². The molecule has 1 fully saturated rings. The molecule has 0 aliphatic carbocycles. The van der Waals surface area contributed by atoms with Crippen LogP contribution in [0.1, 0.15) is 27.2 Å². The van der Waals surface area contributed by atoms with Gasteiger partial charge in [0, 0.05) is 19.1 Å². The van der Waals surface area contributed by atoms with E-state index >= 15 is 0 Å². The molecule has 0 aromatic carbocycles. The summed E-state index contributed by atoms with van der Waals surface area (Å²) < 4.78 is 0. The predicted molar refractivity (Wildman–Crippen MR) is 48.0 cm³/mol. The van der Waals surface area contributed by atoms with Crippen LogP contribution in [0.2, 0.25) is 0 Å². The number of nitrogens with zero attached hydrogens (tertiary/aromatic N) is 1. The fraction of sp³-hybridized carbons (Fsp3) is 1.00. The Morgan fingerprint density at radius 2 is 2.00 bits per heavy atom. The van der Waals surface area contributed by atoms with Gasteiger partial charge in [-0.3, -0.25) is 4.90 Å². The topological polar surface area (TPSA) is 43.7 Å². The zero-order valence-corrected chi connectivity index (χ0v) is 8.12. The molecule has 3 heteroatoms. The van der Waals surface area contributed by atoms with Gasteiger partial charge in [0.05, 0.1) is 11.7 Å². The van der Waals surface area contributed by atoms with Crippen LogP contribution in [-0.4, -0.2) is 45.9 Å². The van der Waals surface area contributed by atoms with Crippen molar-refractivity contribution in [3.8, 4) is 0 Å². The van der Waals surface area contributed by atoms with Crippen LogP contribution in [0.5, 0.6) is 0 Å². The van der Waals surface area contributed by atoms with E-state index in [0.29, 0.717) is 6.54 Å². The lowest BCUT2D eigenvalue weighted by molar-refractivity contribution is 0.0410. The van der Waals surface area contributed by atoms with Crippen LogP contribution in [-0.2, 0) is 0 Å². The highest BCUT2D eigenvalue weighted by Gasteiger charge is 2.34. The van der Waals surface area contributed by atoms with Crippen molar-refractivity contribution in [3.05, 3.63) is 0 Å². The molecule has 12 heavy (non-hydrogen) atoms. The Labute approximate surface area is 74.0 Å². The van der Waals surface area contributed by atoms with Gasteiger partial charge in [0.25, 0.3) is 0 Å². The molecule has 3 unspecified atom stereocenters. The van der Waals surface area contributed by atoms with Crippen LogP contribution in [0.15, 0.2) is 0 Å². The third kappa shape index (κ3) is 2.19. The Kier molecular flexibility index (Phi) is 2.76. The minimum absolute atomic E-state index is 0.152. The second-order valence-corrected chi connectivity index (χ2v) is 4.20. The van der Waals surface area contributed by atoms with E-state index in [2.05, 4.69) is 4.90 Å². The van der Waals surface area contributed by atoms with Crippen molar-refractivity contribution < 1.29 is 10.2 Å². The van der Waals surface area contributed by atoms with Crippen LogP contribution < -0.4 is 0 Å². The molecule has 1 rings (SSSR count). The van der Waals surface area contributed by atoms with Crippen molar-refractivity contribution in [1.29, 1.82) is 0 Å². The van der Waals surface area contributed by atoms with E-state index in [4.69, 9.17) is 0 Å². The molecule has 1 aliphatic rings. The number of aliphatic hydroxyl groups excluding tert-OH is 1. The fourth-order valence-corrected chi connectivity index (χ4v) is 1.63. The third-order valence-electron chi connectivity index (χ3n) is 2.76. The maximum Gasteiger partial charge on any atom is 0.0758 e. The summed E-state index contributed by atoms with van der Waals surface area (Å²) in [5.41, 5.74) is -0.552. The standard InChI is InChI=1S/C9H19NO2/c1-7(8(2)11)10-5-4-9(3,12)6-10/h7-8,11-12H,4-6H2,1-3H3. The maximum atomic E-state index is 9.67. The van der Waals surface area contributed by atoms with Crippen LogP contribution in [0.4, 0.5) is 0 Å². The molecule has 0 spiro atoms. The van der Waals surface area contributed by atoms with Crippen molar-refractivity contribution in [3.63, 3.8) is 0 Å². The second kappa shape index (κ2) is 3.32. The van der Waals surface area contributed by atoms with Gasteiger partial charge >= 0.3 is 0 Å². The van der Waals surface area contributed by atoms with Crippen molar-refractivity contribution in [2.75, 3.05) is 13.1 Å². The number of β-amino-alcohol motifs (C(OH)–C–C–N with tert-alkyl or cyclic N) is 1. The molecule has 72 valence electrons. The molecule has 1 saturated heterocycles. The maximum absolute atomic E-state index is 9.67. The predicted octanol–water partition coefficient (Wildman–Crippen LogP) is 0.212. The van der Waals surface area contributed by atoms with Gasteiger partial charge in [-0.05, 0) is 27.2 Å². The summed E-state index contributed by atoms with van der Waals surface area (Å²) in [5, 5.41) is 19.0. The van der Waals surface area contributed by atoms with Gasteiger partial charge in [-0.1, -0.05) is 0 Å². The summed E-state index contributed by atoms with van der Waals surface area (Å²) in [6.45, 7) is 7.20. The van der Waals surface area contributed by atoms with E-state index in [-0.39, 0.29) is 12.1 Å². The van der Waals surface area contributed by atoms with Gasteiger partial charge in [0.1, 0.15) is 0 Å². The summed E-state index contributed by atoms with van der Waals surface area (Å²) in [4.78, 5) is 2.13. The molecule has 0 aromatic heterocycles. The SMILES string of the molecule is CC(O)C(C)N1CCC(C)(O)C1. The molecular formula is C9H19NO2. The summed E-state index contributed by atoms with van der Waals surface area (Å²) in [6, 6.07) is 0.152. The quantitative estimate of drug-likeness (QED) is 0.627. The Balaban J connectivity index is 2.47. The van der Waals surface area contributed by atoms with E-state index in [1.54, 1.807) is 6.92 Å². The second-order valence-electron chi connectivity index (χ2n) is 4.20. The smallest absolute Gasteiger partial charge is 0.0758 e. The minimum atomic E-state index is -0.552. The summed E-state index contributed by atoms with van der Waals surface area (Å²) in [5.74, 6) is 0. The highest BCUT2D eigenvalue weighted by Crippen LogP contribution is 2.22. The summed E-state index contributed by atoms with van der Waals surface area (Å²) in [6.07, 6.45) is 0.489. The summed E-state index contributed by atoms with van der Waals surface area (Å²) >= 11 is 0. The largest absolute Gasteiger partial charge is 0.392 e. The Morgan fingerprint density at radius 1 is 1.42 bits per heavy atom. The molecule has 0 aromatic rings. The lowest BCUT2D eigenvalue weighted by Gasteiger charge is -2.27. The molecule has 0 bridgehead atoms. The number of aliphatic hydroxyl groups is 2. The van der Waals surface area contributed by atoms with Crippen LogP contribution in [0.3, 0.4) is 0 Å². The van der Waals surface area contributed by atoms with Crippen molar-refractivity contribution in [2.24, 2.45) is 0 Å². The average Bonchev–Trinajstić information content (AvgIpc) is 2.28. The van der Waals surface area contributed by atoms with Crippen LogP contribution in [0.25, 0.3) is 0 Å². The first-order valence-corrected chi connectivity index (χ1v) is 4.57. The molecule has 1 heterocycles. The lowest BCUT2D eigenvalue weighted by atomic mass is 10.1. The minimum Gasteiger partial charge on any atom is -0.392 e. The molecule has 3 atom stereocenters. The van der Waals surface area contributed by atoms with Crippen LogP contribution >= 0.6 is 0 Å². The number of hydrogen-bond acceptors (Lipinski definition) is 3. The first kappa shape index (κ1) is 9.96. The Bertz CT molecular complexity index is 157. The first-order valence-electron chi connectivity index (χ1n) is 4.57. The van der Waals surface area contributed by atoms with Gasteiger partial charge < -0.3 is 10.2 Å². The highest BCUT2D eigenvalue weighted by atomic mass is 16.3. The average molecular weight is 173 g/mol. The van der Waals surface area contributed by atoms with E-state index in [1.807, 2.05) is 13.8 Å². The summed E-state index contributed by atoms with van der Waals surface area (Å²) in [7, 11) is 0. The van der Waals surface area contributed by atoms with E-state index in [1.165, 1.54) is 0 Å². The van der Waals surface area contributed by atoms with E-state index in [9.17, 15) is 10.2 Å². The van der Waals surface area contributed by atoms with Crippen molar-refractivity contribution >= 4 is 0 Å². The van der Waals surface area contributed by atoms with Gasteiger partial charge in [-0.2, -0.15) is 0 Å². The van der Waals surface area contributed by atoms with E-state index < -0.39 is 5.60 Å². The van der Waals surface area contributed by atoms with Gasteiger partial charge in [0.15, 0.2) is 0 Å².